The van der Waals surface area contributed by atoms with Crippen LogP contribution in [0.4, 0.5) is 0 Å². The number of hydrogen-bond donors (Lipinski definition) is 1. The number of fused-ring (bicyclic) bond motifs is 8. The number of nitrogens with zero attached hydrogens (tertiary/aromatic N) is 3. The third kappa shape index (κ3) is 4.42. The Morgan fingerprint density at radius 1 is 0.327 bits per heavy atom. The second-order valence-corrected chi connectivity index (χ2v) is 12.5. The van der Waals surface area contributed by atoms with Crippen molar-refractivity contribution in [1.29, 1.82) is 0 Å². The molecule has 0 atom stereocenters. The van der Waals surface area contributed by atoms with E-state index >= 15 is 0 Å². The maximum absolute atomic E-state index is 5.35. The molecule has 0 aliphatic carbocycles. The Morgan fingerprint density at radius 3 is 1.80 bits per heavy atom. The van der Waals surface area contributed by atoms with Crippen LogP contribution in [0.2, 0.25) is 0 Å². The average Bonchev–Trinajstić information content (AvgIpc) is 3.57. The highest BCUT2D eigenvalue weighted by molar-refractivity contribution is 6.22. The van der Waals surface area contributed by atoms with Crippen LogP contribution < -0.4 is 0 Å². The number of para-hydroxylation sites is 1. The third-order valence-electron chi connectivity index (χ3n) is 9.65. The lowest BCUT2D eigenvalue weighted by Gasteiger charge is -2.15. The van der Waals surface area contributed by atoms with Crippen LogP contribution in [-0.4, -0.2) is 19.9 Å². The molecule has 0 aliphatic rings. The van der Waals surface area contributed by atoms with Crippen molar-refractivity contribution in [3.05, 3.63) is 164 Å². The van der Waals surface area contributed by atoms with Crippen LogP contribution in [0, 0.1) is 0 Å². The molecule has 0 bridgehead atoms. The summed E-state index contributed by atoms with van der Waals surface area (Å²) in [7, 11) is 0. The molecule has 10 rings (SSSR count). The molecular formula is C45H28N4. The minimum atomic E-state index is 0.637. The lowest BCUT2D eigenvalue weighted by atomic mass is 9.92. The van der Waals surface area contributed by atoms with Gasteiger partial charge in [0.15, 0.2) is 17.5 Å². The number of aromatic nitrogens is 4. The van der Waals surface area contributed by atoms with Gasteiger partial charge in [0.25, 0.3) is 0 Å². The highest BCUT2D eigenvalue weighted by Gasteiger charge is 2.20. The molecule has 228 valence electrons. The summed E-state index contributed by atoms with van der Waals surface area (Å²) in [5.41, 5.74) is 7.31. The minimum Gasteiger partial charge on any atom is -0.354 e. The Hall–Kier alpha value is -6.65. The van der Waals surface area contributed by atoms with Crippen molar-refractivity contribution >= 4 is 54.1 Å². The summed E-state index contributed by atoms with van der Waals surface area (Å²) >= 11 is 0. The number of aromatic amines is 1. The molecule has 1 N–H and O–H groups in total. The van der Waals surface area contributed by atoms with Crippen molar-refractivity contribution in [2.75, 3.05) is 0 Å². The summed E-state index contributed by atoms with van der Waals surface area (Å²) < 4.78 is 0. The number of nitrogens with one attached hydrogen (secondary N) is 1. The summed E-state index contributed by atoms with van der Waals surface area (Å²) in [6, 6.07) is 57.5. The predicted octanol–water partition coefficient (Wildman–Crippen LogP) is 11.6. The molecule has 2 aromatic heterocycles. The molecule has 0 unspecified atom stereocenters. The number of H-pyrrole nitrogens is 1. The van der Waals surface area contributed by atoms with Gasteiger partial charge in [-0.05, 0) is 56.3 Å². The second-order valence-electron chi connectivity index (χ2n) is 12.5. The first-order chi connectivity index (χ1) is 24.3. The van der Waals surface area contributed by atoms with Gasteiger partial charge >= 0.3 is 0 Å². The van der Waals surface area contributed by atoms with Crippen molar-refractivity contribution < 1.29 is 0 Å². The van der Waals surface area contributed by atoms with Crippen LogP contribution in [-0.2, 0) is 0 Å². The second kappa shape index (κ2) is 11.0. The number of rotatable bonds is 4. The highest BCUT2D eigenvalue weighted by atomic mass is 15.0. The summed E-state index contributed by atoms with van der Waals surface area (Å²) in [5.74, 6) is 1.93. The Balaban J connectivity index is 1.29. The Labute approximate surface area is 282 Å². The van der Waals surface area contributed by atoms with Gasteiger partial charge in [0, 0.05) is 43.9 Å². The van der Waals surface area contributed by atoms with Crippen LogP contribution in [0.15, 0.2) is 164 Å². The van der Waals surface area contributed by atoms with Gasteiger partial charge in [0.1, 0.15) is 0 Å². The largest absolute Gasteiger partial charge is 0.354 e. The summed E-state index contributed by atoms with van der Waals surface area (Å²) in [4.78, 5) is 19.4. The normalized spacial score (nSPS) is 11.7. The van der Waals surface area contributed by atoms with Crippen LogP contribution in [0.5, 0.6) is 0 Å². The van der Waals surface area contributed by atoms with Gasteiger partial charge < -0.3 is 4.98 Å². The smallest absolute Gasteiger partial charge is 0.164 e. The van der Waals surface area contributed by atoms with E-state index in [1.54, 1.807) is 0 Å². The zero-order valence-electron chi connectivity index (χ0n) is 26.4. The van der Waals surface area contributed by atoms with E-state index in [2.05, 4.69) is 151 Å². The summed E-state index contributed by atoms with van der Waals surface area (Å²) in [6.45, 7) is 0. The molecule has 10 aromatic rings. The fourth-order valence-corrected chi connectivity index (χ4v) is 7.43. The molecule has 2 heterocycles. The first-order valence-corrected chi connectivity index (χ1v) is 16.5. The maximum atomic E-state index is 5.35. The summed E-state index contributed by atoms with van der Waals surface area (Å²) in [6.07, 6.45) is 0. The number of benzene rings is 8. The standard InChI is InChI=1S/C45H28N4/c1-2-14-29(15-3-1)43-47-44(36-20-9-8-19-33(36)34-22-12-24-40-42(34)37-21-10-11-23-39(37)46-40)49-45(48-43)38-27-30-16-5-6-17-31(30)35-26-25-28-13-4-7-18-32(28)41(35)38/h1-27,46H. The fraction of sp³-hybridized carbons (Fsp3) is 0. The lowest BCUT2D eigenvalue weighted by molar-refractivity contribution is 1.08. The van der Waals surface area contributed by atoms with Gasteiger partial charge in [-0.3, -0.25) is 0 Å². The Bertz CT molecular complexity index is 2890. The predicted molar refractivity (Wildman–Crippen MR) is 203 cm³/mol. The average molecular weight is 625 g/mol. The van der Waals surface area contributed by atoms with E-state index in [4.69, 9.17) is 15.0 Å². The molecule has 4 nitrogen and oxygen atoms in total. The molecular weight excluding hydrogens is 597 g/mol. The first kappa shape index (κ1) is 27.5. The van der Waals surface area contributed by atoms with Gasteiger partial charge in [-0.1, -0.05) is 146 Å². The zero-order valence-corrected chi connectivity index (χ0v) is 26.4. The van der Waals surface area contributed by atoms with Crippen LogP contribution in [0.25, 0.3) is 99.4 Å². The monoisotopic (exact) mass is 624 g/mol. The van der Waals surface area contributed by atoms with Gasteiger partial charge in [0.05, 0.1) is 0 Å². The van der Waals surface area contributed by atoms with E-state index in [0.29, 0.717) is 17.5 Å². The molecule has 0 saturated carbocycles. The van der Waals surface area contributed by atoms with Crippen LogP contribution in [0.1, 0.15) is 0 Å². The molecule has 0 fully saturated rings. The van der Waals surface area contributed by atoms with Gasteiger partial charge in [-0.2, -0.15) is 0 Å². The molecule has 0 spiro atoms. The van der Waals surface area contributed by atoms with E-state index < -0.39 is 0 Å². The maximum Gasteiger partial charge on any atom is 0.164 e. The van der Waals surface area contributed by atoms with Crippen molar-refractivity contribution in [1.82, 2.24) is 19.9 Å². The van der Waals surface area contributed by atoms with E-state index in [9.17, 15) is 0 Å². The van der Waals surface area contributed by atoms with Gasteiger partial charge in [-0.15, -0.1) is 0 Å². The zero-order chi connectivity index (χ0) is 32.3. The minimum absolute atomic E-state index is 0.637. The van der Waals surface area contributed by atoms with Gasteiger partial charge in [-0.25, -0.2) is 15.0 Å². The van der Waals surface area contributed by atoms with Crippen molar-refractivity contribution in [2.24, 2.45) is 0 Å². The highest BCUT2D eigenvalue weighted by Crippen LogP contribution is 2.41. The quantitative estimate of drug-likeness (QED) is 0.198. The molecule has 0 amide bonds. The topological polar surface area (TPSA) is 54.5 Å². The van der Waals surface area contributed by atoms with E-state index in [-0.39, 0.29) is 0 Å². The Kier molecular flexibility index (Phi) is 6.15. The van der Waals surface area contributed by atoms with E-state index in [0.717, 1.165) is 49.6 Å². The van der Waals surface area contributed by atoms with Crippen molar-refractivity contribution in [3.63, 3.8) is 0 Å². The SMILES string of the molecule is c1ccc(-c2nc(-c3ccccc3-c3cccc4[nH]c5ccccc5c34)nc(-c3cc4ccccc4c4ccc5ccccc5c34)n2)cc1. The van der Waals surface area contributed by atoms with E-state index in [1.807, 2.05) is 18.2 Å². The van der Waals surface area contributed by atoms with Crippen molar-refractivity contribution in [2.45, 2.75) is 0 Å². The van der Waals surface area contributed by atoms with E-state index in [1.165, 1.54) is 32.3 Å². The molecule has 8 aromatic carbocycles. The number of hydrogen-bond acceptors (Lipinski definition) is 3. The van der Waals surface area contributed by atoms with Crippen LogP contribution in [0.3, 0.4) is 0 Å². The van der Waals surface area contributed by atoms with Gasteiger partial charge in [0.2, 0.25) is 0 Å². The molecule has 4 heteroatoms. The lowest BCUT2D eigenvalue weighted by Crippen LogP contribution is -2.02. The molecule has 0 saturated heterocycles. The Morgan fingerprint density at radius 2 is 0.939 bits per heavy atom. The third-order valence-corrected chi connectivity index (χ3v) is 9.65. The molecule has 49 heavy (non-hydrogen) atoms. The summed E-state index contributed by atoms with van der Waals surface area (Å²) in [5, 5.41) is 9.42. The fourth-order valence-electron chi connectivity index (χ4n) is 7.43. The molecule has 0 radical (unpaired) electrons. The molecule has 0 aliphatic heterocycles. The van der Waals surface area contributed by atoms with Crippen LogP contribution >= 0.6 is 0 Å². The first-order valence-electron chi connectivity index (χ1n) is 16.5. The van der Waals surface area contributed by atoms with Crippen molar-refractivity contribution in [3.8, 4) is 45.3 Å².